The minimum absolute atomic E-state index is 0. The highest BCUT2D eigenvalue weighted by molar-refractivity contribution is 6.03. The number of carbonyl (C=O) groups excluding carboxylic acids is 1. The van der Waals surface area contributed by atoms with Crippen molar-refractivity contribution in [2.75, 3.05) is 0 Å². The molecule has 1 amide bonds. The minimum Gasteiger partial charge on any atom is -0.370 e. The number of para-hydroxylation sites is 1. The average molecular weight is 281 g/mol. The summed E-state index contributed by atoms with van der Waals surface area (Å²) in [5.74, 6) is -0.962. The van der Waals surface area contributed by atoms with Gasteiger partial charge >= 0.3 is 0 Å². The Morgan fingerprint density at radius 3 is 2.58 bits per heavy atom. The van der Waals surface area contributed by atoms with Gasteiger partial charge in [-0.2, -0.15) is 0 Å². The van der Waals surface area contributed by atoms with Crippen molar-refractivity contribution in [3.05, 3.63) is 41.7 Å². The van der Waals surface area contributed by atoms with Crippen molar-refractivity contribution in [1.29, 1.82) is 5.41 Å². The standard InChI is InChI=1S/C11H12N6O.ClH/c1-7-9(10(18)14-11(12)13)15-16-17(7)8-5-3-2-4-6-8;/h2-6H,1H3,(H4,12,13,14,18);1H. The van der Waals surface area contributed by atoms with E-state index in [-0.39, 0.29) is 18.1 Å². The summed E-state index contributed by atoms with van der Waals surface area (Å²) < 4.78 is 1.55. The zero-order valence-electron chi connectivity index (χ0n) is 10.1. The van der Waals surface area contributed by atoms with Crippen LogP contribution in [-0.2, 0) is 0 Å². The Hall–Kier alpha value is -2.41. The normalized spacial score (nSPS) is 9.53. The summed E-state index contributed by atoms with van der Waals surface area (Å²) in [4.78, 5) is 11.7. The Labute approximate surface area is 115 Å². The highest BCUT2D eigenvalue weighted by atomic mass is 35.5. The Bertz CT molecular complexity index is 594. The van der Waals surface area contributed by atoms with Crippen LogP contribution in [0.15, 0.2) is 30.3 Å². The molecule has 1 heterocycles. The molecule has 0 aliphatic carbocycles. The molecule has 0 fully saturated rings. The van der Waals surface area contributed by atoms with Gasteiger partial charge in [-0.3, -0.25) is 15.5 Å². The molecule has 0 saturated carbocycles. The predicted octanol–water partition coefficient (Wildman–Crippen LogP) is 0.621. The lowest BCUT2D eigenvalue weighted by Crippen LogP contribution is -2.36. The van der Waals surface area contributed by atoms with Crippen molar-refractivity contribution >= 4 is 24.3 Å². The SMILES string of the molecule is Cc1c(C(=O)NC(=N)N)nnn1-c1ccccc1.Cl. The highest BCUT2D eigenvalue weighted by Crippen LogP contribution is 2.11. The second kappa shape index (κ2) is 5.96. The molecule has 1 aromatic carbocycles. The van der Waals surface area contributed by atoms with Gasteiger partial charge in [0.05, 0.1) is 11.4 Å². The van der Waals surface area contributed by atoms with Crippen LogP contribution in [0.25, 0.3) is 5.69 Å². The van der Waals surface area contributed by atoms with Crippen LogP contribution in [-0.4, -0.2) is 26.9 Å². The van der Waals surface area contributed by atoms with Crippen LogP contribution in [0.4, 0.5) is 0 Å². The Morgan fingerprint density at radius 1 is 1.37 bits per heavy atom. The van der Waals surface area contributed by atoms with E-state index in [0.29, 0.717) is 5.69 Å². The van der Waals surface area contributed by atoms with Gasteiger partial charge in [-0.1, -0.05) is 23.4 Å². The predicted molar refractivity (Wildman–Crippen MR) is 72.7 cm³/mol. The third-order valence-electron chi connectivity index (χ3n) is 2.36. The van der Waals surface area contributed by atoms with Crippen molar-refractivity contribution < 1.29 is 4.79 Å². The lowest BCUT2D eigenvalue weighted by molar-refractivity contribution is 0.0971. The third-order valence-corrected chi connectivity index (χ3v) is 2.36. The summed E-state index contributed by atoms with van der Waals surface area (Å²) in [7, 11) is 0. The van der Waals surface area contributed by atoms with Gasteiger partial charge in [-0.05, 0) is 19.1 Å². The van der Waals surface area contributed by atoms with E-state index in [9.17, 15) is 4.79 Å². The van der Waals surface area contributed by atoms with E-state index in [4.69, 9.17) is 11.1 Å². The summed E-state index contributed by atoms with van der Waals surface area (Å²) in [5.41, 5.74) is 6.64. The Kier molecular flexibility index (Phi) is 4.60. The number of benzene rings is 1. The first-order chi connectivity index (χ1) is 8.59. The van der Waals surface area contributed by atoms with Crippen LogP contribution in [0.5, 0.6) is 0 Å². The van der Waals surface area contributed by atoms with Crippen molar-refractivity contribution in [2.45, 2.75) is 6.92 Å². The van der Waals surface area contributed by atoms with Gasteiger partial charge < -0.3 is 5.73 Å². The lowest BCUT2D eigenvalue weighted by atomic mass is 10.3. The number of nitrogens with two attached hydrogens (primary N) is 1. The van der Waals surface area contributed by atoms with Crippen LogP contribution < -0.4 is 11.1 Å². The van der Waals surface area contributed by atoms with Crippen molar-refractivity contribution in [2.24, 2.45) is 5.73 Å². The quantitative estimate of drug-likeness (QED) is 0.553. The fraction of sp³-hybridized carbons (Fsp3) is 0.0909. The van der Waals surface area contributed by atoms with Gasteiger partial charge in [-0.15, -0.1) is 17.5 Å². The van der Waals surface area contributed by atoms with E-state index >= 15 is 0 Å². The molecule has 0 bridgehead atoms. The van der Waals surface area contributed by atoms with Gasteiger partial charge in [-0.25, -0.2) is 4.68 Å². The van der Waals surface area contributed by atoms with E-state index in [0.717, 1.165) is 5.69 Å². The van der Waals surface area contributed by atoms with E-state index in [2.05, 4.69) is 15.6 Å². The Morgan fingerprint density at radius 2 is 2.00 bits per heavy atom. The van der Waals surface area contributed by atoms with Crippen molar-refractivity contribution in [1.82, 2.24) is 20.3 Å². The summed E-state index contributed by atoms with van der Waals surface area (Å²) in [6, 6.07) is 9.33. The van der Waals surface area contributed by atoms with Crippen LogP contribution in [0.3, 0.4) is 0 Å². The van der Waals surface area contributed by atoms with Crippen molar-refractivity contribution in [3.8, 4) is 5.69 Å². The van der Waals surface area contributed by atoms with Gasteiger partial charge in [0.15, 0.2) is 11.7 Å². The molecule has 0 unspecified atom stereocenters. The topological polar surface area (TPSA) is 110 Å². The molecule has 1 aromatic heterocycles. The Balaban J connectivity index is 0.00000180. The van der Waals surface area contributed by atoms with E-state index < -0.39 is 11.9 Å². The summed E-state index contributed by atoms with van der Waals surface area (Å²) in [6.07, 6.45) is 0. The average Bonchev–Trinajstić information content (AvgIpc) is 2.71. The van der Waals surface area contributed by atoms with Crippen LogP contribution in [0.2, 0.25) is 0 Å². The number of nitrogens with zero attached hydrogens (tertiary/aromatic N) is 3. The number of hydrogen-bond acceptors (Lipinski definition) is 4. The summed E-state index contributed by atoms with van der Waals surface area (Å²) in [5, 5.41) is 16.9. The number of nitrogens with one attached hydrogen (secondary N) is 2. The number of carbonyl (C=O) groups is 1. The maximum absolute atomic E-state index is 11.7. The smallest absolute Gasteiger partial charge is 0.280 e. The van der Waals surface area contributed by atoms with Crippen LogP contribution >= 0.6 is 12.4 Å². The lowest BCUT2D eigenvalue weighted by Gasteiger charge is -2.03. The van der Waals surface area contributed by atoms with Gasteiger partial charge in [0.25, 0.3) is 5.91 Å². The number of rotatable bonds is 2. The maximum Gasteiger partial charge on any atom is 0.280 e. The zero-order chi connectivity index (χ0) is 13.1. The van der Waals surface area contributed by atoms with E-state index in [1.165, 1.54) is 0 Å². The van der Waals surface area contributed by atoms with Gasteiger partial charge in [0.2, 0.25) is 0 Å². The molecular weight excluding hydrogens is 268 g/mol. The molecule has 100 valence electrons. The first kappa shape index (κ1) is 14.7. The molecule has 2 aromatic rings. The first-order valence-electron chi connectivity index (χ1n) is 5.22. The molecule has 0 aliphatic rings. The molecule has 0 radical (unpaired) electrons. The molecule has 7 nitrogen and oxygen atoms in total. The zero-order valence-corrected chi connectivity index (χ0v) is 10.9. The van der Waals surface area contributed by atoms with Crippen LogP contribution in [0.1, 0.15) is 16.2 Å². The third kappa shape index (κ3) is 3.08. The first-order valence-corrected chi connectivity index (χ1v) is 5.22. The number of hydrogen-bond donors (Lipinski definition) is 3. The van der Waals surface area contributed by atoms with Crippen molar-refractivity contribution in [3.63, 3.8) is 0 Å². The molecule has 0 atom stereocenters. The molecule has 0 saturated heterocycles. The van der Waals surface area contributed by atoms with Gasteiger partial charge in [0, 0.05) is 0 Å². The highest BCUT2D eigenvalue weighted by Gasteiger charge is 2.17. The fourth-order valence-electron chi connectivity index (χ4n) is 1.53. The monoisotopic (exact) mass is 280 g/mol. The molecular formula is C11H13ClN6O. The largest absolute Gasteiger partial charge is 0.370 e. The summed E-state index contributed by atoms with van der Waals surface area (Å²) >= 11 is 0. The number of halogens is 1. The minimum atomic E-state index is -0.540. The van der Waals surface area contributed by atoms with E-state index in [1.807, 2.05) is 30.3 Å². The number of guanidine groups is 1. The second-order valence-corrected chi connectivity index (χ2v) is 3.64. The van der Waals surface area contributed by atoms with Gasteiger partial charge in [0.1, 0.15) is 0 Å². The fourth-order valence-corrected chi connectivity index (χ4v) is 1.53. The molecule has 2 rings (SSSR count). The molecule has 19 heavy (non-hydrogen) atoms. The molecule has 0 aliphatic heterocycles. The molecule has 8 heteroatoms. The maximum atomic E-state index is 11.7. The second-order valence-electron chi connectivity index (χ2n) is 3.64. The number of aromatic nitrogens is 3. The molecule has 0 spiro atoms. The summed E-state index contributed by atoms with van der Waals surface area (Å²) in [6.45, 7) is 1.72. The number of amides is 1. The molecule has 4 N–H and O–H groups in total. The van der Waals surface area contributed by atoms with E-state index in [1.54, 1.807) is 11.6 Å². The van der Waals surface area contributed by atoms with Crippen LogP contribution in [0, 0.1) is 12.3 Å².